The van der Waals surface area contributed by atoms with Crippen LogP contribution in [0.2, 0.25) is 0 Å². The molecule has 0 saturated heterocycles. The van der Waals surface area contributed by atoms with Crippen molar-refractivity contribution in [2.45, 2.75) is 19.8 Å². The van der Waals surface area contributed by atoms with Crippen molar-refractivity contribution < 1.29 is 9.59 Å². The average molecular weight is 329 g/mol. The molecular formula is C17H19N3O2S. The molecule has 0 bridgehead atoms. The normalized spacial score (nSPS) is 11.1. The maximum absolute atomic E-state index is 11.8. The second-order valence-electron chi connectivity index (χ2n) is 5.03. The summed E-state index contributed by atoms with van der Waals surface area (Å²) in [7, 11) is 0. The smallest absolute Gasteiger partial charge is 0.281 e. The van der Waals surface area contributed by atoms with Gasteiger partial charge in [-0.3, -0.25) is 9.59 Å². The molecular weight excluding hydrogens is 310 g/mol. The molecule has 6 heteroatoms. The minimum absolute atomic E-state index is 0.104. The van der Waals surface area contributed by atoms with Crippen LogP contribution >= 0.6 is 11.3 Å². The van der Waals surface area contributed by atoms with Gasteiger partial charge in [-0.25, -0.2) is 5.43 Å². The van der Waals surface area contributed by atoms with Crippen LogP contribution in [0.15, 0.2) is 52.9 Å². The van der Waals surface area contributed by atoms with Crippen LogP contribution in [0, 0.1) is 0 Å². The molecule has 2 amide bonds. The lowest BCUT2D eigenvalue weighted by Gasteiger charge is -2.05. The Bertz CT molecular complexity index is 666. The second-order valence-corrected chi connectivity index (χ2v) is 5.98. The lowest BCUT2D eigenvalue weighted by atomic mass is 10.1. The Balaban J connectivity index is 1.69. The molecule has 2 N–H and O–H groups in total. The molecule has 0 aliphatic rings. The molecule has 0 spiro atoms. The summed E-state index contributed by atoms with van der Waals surface area (Å²) in [4.78, 5) is 24.1. The topological polar surface area (TPSA) is 70.6 Å². The van der Waals surface area contributed by atoms with Crippen molar-refractivity contribution in [3.63, 3.8) is 0 Å². The first-order valence-electron chi connectivity index (χ1n) is 7.33. The first kappa shape index (κ1) is 16.9. The van der Waals surface area contributed by atoms with E-state index in [9.17, 15) is 9.59 Å². The Labute approximate surface area is 139 Å². The number of carbonyl (C=O) groups excluding carboxylic acids is 2. The van der Waals surface area contributed by atoms with E-state index in [-0.39, 0.29) is 18.2 Å². The van der Waals surface area contributed by atoms with Crippen molar-refractivity contribution in [1.29, 1.82) is 0 Å². The molecule has 1 aromatic carbocycles. The van der Waals surface area contributed by atoms with Crippen LogP contribution in [-0.2, 0) is 11.2 Å². The Hall–Kier alpha value is -2.47. The van der Waals surface area contributed by atoms with Gasteiger partial charge in [0, 0.05) is 12.3 Å². The molecule has 0 aliphatic heterocycles. The number of hydrogen-bond acceptors (Lipinski definition) is 4. The maximum Gasteiger partial charge on any atom is 0.281 e. The summed E-state index contributed by atoms with van der Waals surface area (Å²) in [5.41, 5.74) is 4.20. The predicted molar refractivity (Wildman–Crippen MR) is 92.7 cm³/mol. The molecule has 0 fully saturated rings. The van der Waals surface area contributed by atoms with Gasteiger partial charge in [-0.05, 0) is 30.4 Å². The lowest BCUT2D eigenvalue weighted by molar-refractivity contribution is -0.119. The fourth-order valence-electron chi connectivity index (χ4n) is 1.93. The van der Waals surface area contributed by atoms with Gasteiger partial charge in [0.25, 0.3) is 5.91 Å². The minimum atomic E-state index is -0.260. The monoisotopic (exact) mass is 329 g/mol. The summed E-state index contributed by atoms with van der Waals surface area (Å²) < 4.78 is 0. The molecule has 5 nitrogen and oxygen atoms in total. The van der Waals surface area contributed by atoms with Crippen molar-refractivity contribution in [2.75, 3.05) is 6.54 Å². The van der Waals surface area contributed by atoms with Crippen molar-refractivity contribution in [3.05, 3.63) is 58.3 Å². The molecule has 0 radical (unpaired) electrons. The molecule has 23 heavy (non-hydrogen) atoms. The molecule has 0 saturated carbocycles. The van der Waals surface area contributed by atoms with Gasteiger partial charge < -0.3 is 5.32 Å². The Morgan fingerprint density at radius 3 is 2.61 bits per heavy atom. The van der Waals surface area contributed by atoms with Crippen LogP contribution in [-0.4, -0.2) is 24.1 Å². The van der Waals surface area contributed by atoms with E-state index < -0.39 is 0 Å². The molecule has 120 valence electrons. The van der Waals surface area contributed by atoms with Crippen molar-refractivity contribution in [1.82, 2.24) is 10.7 Å². The number of nitrogens with one attached hydrogen (secondary N) is 2. The fourth-order valence-corrected chi connectivity index (χ4v) is 2.55. The van der Waals surface area contributed by atoms with Gasteiger partial charge in [0.1, 0.15) is 0 Å². The van der Waals surface area contributed by atoms with Crippen LogP contribution in [0.3, 0.4) is 0 Å². The summed E-state index contributed by atoms with van der Waals surface area (Å²) >= 11 is 1.35. The zero-order chi connectivity index (χ0) is 16.5. The van der Waals surface area contributed by atoms with E-state index in [2.05, 4.69) is 15.8 Å². The molecule has 0 aliphatic carbocycles. The minimum Gasteiger partial charge on any atom is -0.355 e. The molecule has 1 aromatic heterocycles. The van der Waals surface area contributed by atoms with E-state index in [0.717, 1.165) is 6.42 Å². The third-order valence-electron chi connectivity index (χ3n) is 3.09. The van der Waals surface area contributed by atoms with Gasteiger partial charge in [-0.2, -0.15) is 5.10 Å². The zero-order valence-electron chi connectivity index (χ0n) is 12.9. The average Bonchev–Trinajstić information content (AvgIpc) is 3.08. The molecule has 0 unspecified atom stereocenters. The molecule has 1 heterocycles. The molecule has 0 atom stereocenters. The van der Waals surface area contributed by atoms with E-state index in [1.54, 1.807) is 19.1 Å². The number of amides is 2. The standard InChI is InChI=1S/C17H19N3O2S/c1-13(19-20-17(22)15-8-5-11-23-15)12-16(21)18-10-9-14-6-3-2-4-7-14/h2-8,11H,9-10,12H2,1H3,(H,18,21)(H,20,22)/b19-13-. The third-order valence-corrected chi connectivity index (χ3v) is 3.96. The highest BCUT2D eigenvalue weighted by molar-refractivity contribution is 7.12. The van der Waals surface area contributed by atoms with Gasteiger partial charge in [-0.1, -0.05) is 36.4 Å². The number of benzene rings is 1. The summed E-state index contributed by atoms with van der Waals surface area (Å²) in [5.74, 6) is -0.364. The van der Waals surface area contributed by atoms with E-state index in [1.807, 2.05) is 35.7 Å². The van der Waals surface area contributed by atoms with E-state index in [1.165, 1.54) is 16.9 Å². The summed E-state index contributed by atoms with van der Waals surface area (Å²) in [6.45, 7) is 2.29. The number of rotatable bonds is 7. The quantitative estimate of drug-likeness (QED) is 0.605. The van der Waals surface area contributed by atoms with Gasteiger partial charge in [0.15, 0.2) is 0 Å². The van der Waals surface area contributed by atoms with Crippen LogP contribution in [0.25, 0.3) is 0 Å². The second kappa shape index (κ2) is 8.85. The van der Waals surface area contributed by atoms with Gasteiger partial charge in [0.05, 0.1) is 11.3 Å². The fraction of sp³-hybridized carbons (Fsp3) is 0.235. The molecule has 2 rings (SSSR count). The Kier molecular flexibility index (Phi) is 6.50. The lowest BCUT2D eigenvalue weighted by Crippen LogP contribution is -2.28. The van der Waals surface area contributed by atoms with Crippen LogP contribution in [0.5, 0.6) is 0 Å². The summed E-state index contributed by atoms with van der Waals surface area (Å²) in [5, 5.41) is 8.62. The van der Waals surface area contributed by atoms with Crippen molar-refractivity contribution in [2.24, 2.45) is 5.10 Å². The van der Waals surface area contributed by atoms with Crippen LogP contribution in [0.4, 0.5) is 0 Å². The number of hydrogen-bond donors (Lipinski definition) is 2. The SMILES string of the molecule is C/C(CC(=O)NCCc1ccccc1)=N/NC(=O)c1cccs1. The largest absolute Gasteiger partial charge is 0.355 e. The number of hydrazone groups is 1. The summed E-state index contributed by atoms with van der Waals surface area (Å²) in [6.07, 6.45) is 0.956. The van der Waals surface area contributed by atoms with E-state index in [0.29, 0.717) is 17.1 Å². The van der Waals surface area contributed by atoms with E-state index in [4.69, 9.17) is 0 Å². The van der Waals surface area contributed by atoms with Gasteiger partial charge >= 0.3 is 0 Å². The highest BCUT2D eigenvalue weighted by Gasteiger charge is 2.07. The number of nitrogens with zero attached hydrogens (tertiary/aromatic N) is 1. The van der Waals surface area contributed by atoms with Crippen LogP contribution in [0.1, 0.15) is 28.6 Å². The first-order valence-corrected chi connectivity index (χ1v) is 8.21. The number of carbonyl (C=O) groups is 2. The highest BCUT2D eigenvalue weighted by Crippen LogP contribution is 2.07. The summed E-state index contributed by atoms with van der Waals surface area (Å²) in [6, 6.07) is 13.5. The highest BCUT2D eigenvalue weighted by atomic mass is 32.1. The van der Waals surface area contributed by atoms with Gasteiger partial charge in [0.2, 0.25) is 5.91 Å². The third kappa shape index (κ3) is 6.04. The van der Waals surface area contributed by atoms with Gasteiger partial charge in [-0.15, -0.1) is 11.3 Å². The maximum atomic E-state index is 11.8. The Morgan fingerprint density at radius 1 is 1.13 bits per heavy atom. The van der Waals surface area contributed by atoms with Crippen LogP contribution < -0.4 is 10.7 Å². The van der Waals surface area contributed by atoms with Crippen molar-refractivity contribution >= 4 is 28.9 Å². The predicted octanol–water partition coefficient (Wildman–Crippen LogP) is 2.60. The van der Waals surface area contributed by atoms with Crippen molar-refractivity contribution in [3.8, 4) is 0 Å². The molecule has 2 aromatic rings. The zero-order valence-corrected chi connectivity index (χ0v) is 13.7. The first-order chi connectivity index (χ1) is 11.1. The Morgan fingerprint density at radius 2 is 1.91 bits per heavy atom. The number of thiophene rings is 1. The van der Waals surface area contributed by atoms with E-state index >= 15 is 0 Å².